The van der Waals surface area contributed by atoms with Crippen LogP contribution in [-0.4, -0.2) is 15.5 Å². The van der Waals surface area contributed by atoms with Crippen molar-refractivity contribution in [2.24, 2.45) is 5.10 Å². The van der Waals surface area contributed by atoms with Crippen molar-refractivity contribution in [2.45, 2.75) is 6.92 Å². The van der Waals surface area contributed by atoms with E-state index in [-0.39, 0.29) is 5.71 Å². The first-order valence-corrected chi connectivity index (χ1v) is 5.98. The normalized spacial score (nSPS) is 9.40. The molecule has 0 aliphatic heterocycles. The number of halogens is 1. The zero-order valence-corrected chi connectivity index (χ0v) is 11.3. The van der Waals surface area contributed by atoms with Crippen molar-refractivity contribution < 1.29 is 0 Å². The van der Waals surface area contributed by atoms with Gasteiger partial charge >= 0.3 is 0 Å². The molecule has 1 aromatic carbocycles. The van der Waals surface area contributed by atoms with Crippen LogP contribution in [0.4, 0.5) is 5.69 Å². The van der Waals surface area contributed by atoms with Gasteiger partial charge in [0.1, 0.15) is 17.3 Å². The number of hydrazone groups is 1. The number of nitrogens with one attached hydrogen (secondary N) is 1. The maximum absolute atomic E-state index is 8.56. The van der Waals surface area contributed by atoms with Crippen LogP contribution in [0.5, 0.6) is 0 Å². The maximum Gasteiger partial charge on any atom is 0.237 e. The molecule has 2 aromatic rings. The van der Waals surface area contributed by atoms with Crippen LogP contribution in [0.15, 0.2) is 35.4 Å². The second kappa shape index (κ2) is 5.87. The molecule has 0 unspecified atom stereocenters. The average molecular weight is 285 g/mol. The van der Waals surface area contributed by atoms with Gasteiger partial charge in [0.05, 0.1) is 17.1 Å². The zero-order chi connectivity index (χ0) is 14.5. The Morgan fingerprint density at radius 2 is 1.95 bits per heavy atom. The minimum absolute atomic E-state index is 0.236. The fourth-order valence-electron chi connectivity index (χ4n) is 1.52. The van der Waals surface area contributed by atoms with Crippen LogP contribution in [0, 0.1) is 29.6 Å². The van der Waals surface area contributed by atoms with Crippen LogP contribution >= 0.6 is 11.6 Å². The number of aryl methyl sites for hydroxylation is 1. The topological polar surface area (TPSA) is 89.8 Å². The quantitative estimate of drug-likeness (QED) is 0.693. The molecule has 0 bridgehead atoms. The molecule has 6 nitrogen and oxygen atoms in total. The van der Waals surface area contributed by atoms with Crippen LogP contribution in [0.2, 0.25) is 5.15 Å². The van der Waals surface area contributed by atoms with Crippen molar-refractivity contribution in [1.29, 1.82) is 10.5 Å². The smallest absolute Gasteiger partial charge is 0.237 e. The van der Waals surface area contributed by atoms with Gasteiger partial charge in [-0.05, 0) is 37.3 Å². The summed E-state index contributed by atoms with van der Waals surface area (Å²) in [6.07, 6.45) is 0. The summed E-state index contributed by atoms with van der Waals surface area (Å²) in [4.78, 5) is 0. The number of nitrogens with zero attached hydrogens (tertiary/aromatic N) is 5. The Hall–Kier alpha value is -2.83. The van der Waals surface area contributed by atoms with Crippen molar-refractivity contribution in [2.75, 3.05) is 5.43 Å². The molecule has 0 fully saturated rings. The minimum Gasteiger partial charge on any atom is -0.277 e. The van der Waals surface area contributed by atoms with Gasteiger partial charge in [-0.1, -0.05) is 11.6 Å². The second-order valence-electron chi connectivity index (χ2n) is 3.86. The minimum atomic E-state index is -0.236. The lowest BCUT2D eigenvalue weighted by atomic mass is 10.3. The highest BCUT2D eigenvalue weighted by Crippen LogP contribution is 2.18. The number of rotatable bonds is 3. The fourth-order valence-corrected chi connectivity index (χ4v) is 1.81. The van der Waals surface area contributed by atoms with E-state index in [1.807, 2.05) is 6.92 Å². The lowest BCUT2D eigenvalue weighted by Crippen LogP contribution is -1.98. The van der Waals surface area contributed by atoms with E-state index in [9.17, 15) is 0 Å². The molecule has 0 aliphatic rings. The molecule has 1 heterocycles. The molecule has 0 aliphatic carbocycles. The van der Waals surface area contributed by atoms with Crippen LogP contribution in [-0.2, 0) is 0 Å². The summed E-state index contributed by atoms with van der Waals surface area (Å²) in [5.74, 6) is 0. The molecule has 0 spiro atoms. The van der Waals surface area contributed by atoms with Crippen molar-refractivity contribution >= 4 is 23.0 Å². The Kier molecular flexibility index (Phi) is 3.99. The lowest BCUT2D eigenvalue weighted by Gasteiger charge is -2.04. The van der Waals surface area contributed by atoms with E-state index in [4.69, 9.17) is 22.1 Å². The molecular weight excluding hydrogens is 276 g/mol. The molecule has 0 amide bonds. The molecule has 0 saturated carbocycles. The van der Waals surface area contributed by atoms with Crippen LogP contribution < -0.4 is 5.43 Å². The molecule has 1 aromatic heterocycles. The third-order valence-electron chi connectivity index (χ3n) is 2.41. The van der Waals surface area contributed by atoms with Gasteiger partial charge in [0.25, 0.3) is 0 Å². The van der Waals surface area contributed by atoms with Crippen molar-refractivity contribution in [3.05, 3.63) is 41.2 Å². The van der Waals surface area contributed by atoms with Gasteiger partial charge < -0.3 is 0 Å². The van der Waals surface area contributed by atoms with E-state index in [0.29, 0.717) is 10.8 Å². The lowest BCUT2D eigenvalue weighted by molar-refractivity contribution is 0.863. The molecule has 0 radical (unpaired) electrons. The Balaban J connectivity index is 2.20. The predicted molar refractivity (Wildman–Crippen MR) is 75.6 cm³/mol. The van der Waals surface area contributed by atoms with Crippen molar-refractivity contribution in [3.63, 3.8) is 0 Å². The monoisotopic (exact) mass is 284 g/mol. The van der Waals surface area contributed by atoms with Crippen molar-refractivity contribution in [3.8, 4) is 17.8 Å². The SMILES string of the molecule is Cc1cc(Cl)n(-c2ccc(NN=C(C#N)C#N)cc2)n1. The number of anilines is 1. The Morgan fingerprint density at radius 1 is 1.30 bits per heavy atom. The molecule has 0 atom stereocenters. The molecule has 20 heavy (non-hydrogen) atoms. The van der Waals surface area contributed by atoms with Gasteiger partial charge in [0.2, 0.25) is 5.71 Å². The molecule has 7 heteroatoms. The van der Waals surface area contributed by atoms with Crippen LogP contribution in [0.1, 0.15) is 5.69 Å². The standard InChI is InChI=1S/C13H9ClN6/c1-9-6-13(14)20(19-9)12-4-2-10(3-5-12)17-18-11(7-15)8-16/h2-6,17H,1H3. The van der Waals surface area contributed by atoms with Crippen LogP contribution in [0.25, 0.3) is 5.69 Å². The van der Waals surface area contributed by atoms with Gasteiger partial charge in [-0.3, -0.25) is 5.43 Å². The largest absolute Gasteiger partial charge is 0.277 e. The van der Waals surface area contributed by atoms with Gasteiger partial charge in [0.15, 0.2) is 0 Å². The van der Waals surface area contributed by atoms with E-state index in [1.54, 1.807) is 47.2 Å². The first kappa shape index (κ1) is 13.6. The van der Waals surface area contributed by atoms with E-state index in [1.165, 1.54) is 0 Å². The van der Waals surface area contributed by atoms with Gasteiger partial charge in [-0.25, -0.2) is 4.68 Å². The summed E-state index contributed by atoms with van der Waals surface area (Å²) >= 11 is 6.05. The second-order valence-corrected chi connectivity index (χ2v) is 4.25. The van der Waals surface area contributed by atoms with E-state index in [0.717, 1.165) is 11.4 Å². The summed E-state index contributed by atoms with van der Waals surface area (Å²) in [6.45, 7) is 1.86. The van der Waals surface area contributed by atoms with Gasteiger partial charge in [-0.15, -0.1) is 0 Å². The number of hydrogen-bond acceptors (Lipinski definition) is 5. The Labute approximate surface area is 120 Å². The van der Waals surface area contributed by atoms with Crippen molar-refractivity contribution in [1.82, 2.24) is 9.78 Å². The van der Waals surface area contributed by atoms with Crippen LogP contribution in [0.3, 0.4) is 0 Å². The summed E-state index contributed by atoms with van der Waals surface area (Å²) in [5.41, 5.74) is 4.67. The summed E-state index contributed by atoms with van der Waals surface area (Å²) < 4.78 is 1.61. The molecular formula is C13H9ClN6. The number of hydrogen-bond donors (Lipinski definition) is 1. The zero-order valence-electron chi connectivity index (χ0n) is 10.5. The maximum atomic E-state index is 8.56. The number of aromatic nitrogens is 2. The highest BCUT2D eigenvalue weighted by atomic mass is 35.5. The predicted octanol–water partition coefficient (Wildman–Crippen LogP) is 2.65. The highest BCUT2D eigenvalue weighted by Gasteiger charge is 2.05. The summed E-state index contributed by atoms with van der Waals surface area (Å²) in [5, 5.41) is 25.6. The van der Waals surface area contributed by atoms with E-state index >= 15 is 0 Å². The first-order valence-electron chi connectivity index (χ1n) is 5.60. The third-order valence-corrected chi connectivity index (χ3v) is 2.68. The summed E-state index contributed by atoms with van der Waals surface area (Å²) in [6, 6.07) is 12.2. The molecule has 1 N–H and O–H groups in total. The average Bonchev–Trinajstić information content (AvgIpc) is 2.79. The first-order chi connectivity index (χ1) is 9.63. The third kappa shape index (κ3) is 2.94. The highest BCUT2D eigenvalue weighted by molar-refractivity contribution is 6.29. The fraction of sp³-hybridized carbons (Fsp3) is 0.0769. The molecule has 98 valence electrons. The summed E-state index contributed by atoms with van der Waals surface area (Å²) in [7, 11) is 0. The van der Waals surface area contributed by atoms with Gasteiger partial charge in [0, 0.05) is 0 Å². The van der Waals surface area contributed by atoms with Gasteiger partial charge in [-0.2, -0.15) is 20.7 Å². The Morgan fingerprint density at radius 3 is 2.45 bits per heavy atom. The molecule has 2 rings (SSSR count). The number of benzene rings is 1. The number of nitriles is 2. The Bertz CT molecular complexity index is 714. The van der Waals surface area contributed by atoms with E-state index < -0.39 is 0 Å². The van der Waals surface area contributed by atoms with E-state index in [2.05, 4.69) is 15.6 Å². The molecule has 0 saturated heterocycles.